The van der Waals surface area contributed by atoms with Gasteiger partial charge in [0.05, 0.1) is 0 Å². The summed E-state index contributed by atoms with van der Waals surface area (Å²) in [6.45, 7) is 2.46. The summed E-state index contributed by atoms with van der Waals surface area (Å²) in [7, 11) is -0.685. The lowest BCUT2D eigenvalue weighted by atomic mass is 10.00. The Morgan fingerprint density at radius 1 is 1.20 bits per heavy atom. The molecule has 0 nitrogen and oxygen atoms in total. The molecule has 0 bridgehead atoms. The number of rotatable bonds is 1. The first kappa shape index (κ1) is 6.61. The molecular formula is C9H14P. The molecule has 0 aromatic carbocycles. The normalized spacial score (nSPS) is 28.9. The van der Waals surface area contributed by atoms with Crippen molar-refractivity contribution < 1.29 is 0 Å². The SMILES string of the molecule is C[P]1(C2CCC2)C=CC=C1. The van der Waals surface area contributed by atoms with Crippen LogP contribution in [0.25, 0.3) is 0 Å². The Morgan fingerprint density at radius 3 is 2.20 bits per heavy atom. The van der Waals surface area contributed by atoms with Gasteiger partial charge in [-0.15, -0.1) is 0 Å². The van der Waals surface area contributed by atoms with Gasteiger partial charge in [0.1, 0.15) is 0 Å². The van der Waals surface area contributed by atoms with Gasteiger partial charge in [0, 0.05) is 0 Å². The van der Waals surface area contributed by atoms with Crippen molar-refractivity contribution in [1.29, 1.82) is 0 Å². The zero-order valence-electron chi connectivity index (χ0n) is 6.46. The van der Waals surface area contributed by atoms with Gasteiger partial charge < -0.3 is 0 Å². The summed E-state index contributed by atoms with van der Waals surface area (Å²) in [5.74, 6) is 4.91. The molecule has 0 amide bonds. The molecule has 1 saturated carbocycles. The highest BCUT2D eigenvalue weighted by Gasteiger charge is 2.32. The Bertz CT molecular complexity index is 175. The summed E-state index contributed by atoms with van der Waals surface area (Å²) in [6.07, 6.45) is 8.90. The number of allylic oxidation sites excluding steroid dienone is 2. The van der Waals surface area contributed by atoms with Gasteiger partial charge in [0.25, 0.3) is 0 Å². The largest absolute Gasteiger partial charge is 0.0848 e. The maximum absolute atomic E-state index is 2.46. The van der Waals surface area contributed by atoms with Crippen LogP contribution in [-0.4, -0.2) is 12.3 Å². The molecule has 0 atom stereocenters. The molecule has 10 heavy (non-hydrogen) atoms. The second-order valence-corrected chi connectivity index (χ2v) is 7.26. The molecular weight excluding hydrogens is 139 g/mol. The van der Waals surface area contributed by atoms with E-state index in [1.54, 1.807) is 0 Å². The van der Waals surface area contributed by atoms with Gasteiger partial charge in [-0.2, -0.15) is 0 Å². The lowest BCUT2D eigenvalue weighted by Crippen LogP contribution is -2.18. The average Bonchev–Trinajstić information content (AvgIpc) is 2.09. The summed E-state index contributed by atoms with van der Waals surface area (Å²) in [5.41, 5.74) is 1.06. The lowest BCUT2D eigenvalue weighted by molar-refractivity contribution is 0.513. The van der Waals surface area contributed by atoms with Gasteiger partial charge in [-0.1, -0.05) is 37.5 Å². The van der Waals surface area contributed by atoms with Crippen LogP contribution in [0.2, 0.25) is 0 Å². The van der Waals surface area contributed by atoms with Crippen LogP contribution >= 0.6 is 7.26 Å². The summed E-state index contributed by atoms with van der Waals surface area (Å²) in [5, 5.41) is 0. The van der Waals surface area contributed by atoms with Crippen LogP contribution < -0.4 is 0 Å². The van der Waals surface area contributed by atoms with E-state index < -0.39 is 7.26 Å². The van der Waals surface area contributed by atoms with Crippen LogP contribution in [0.4, 0.5) is 0 Å². The third-order valence-corrected chi connectivity index (χ3v) is 6.51. The van der Waals surface area contributed by atoms with E-state index in [0.717, 1.165) is 5.66 Å². The average molecular weight is 153 g/mol. The maximum Gasteiger partial charge on any atom is -0.0181 e. The van der Waals surface area contributed by atoms with Crippen molar-refractivity contribution in [3.8, 4) is 0 Å². The van der Waals surface area contributed by atoms with Crippen molar-refractivity contribution in [2.75, 3.05) is 6.66 Å². The van der Waals surface area contributed by atoms with E-state index in [9.17, 15) is 0 Å². The van der Waals surface area contributed by atoms with Gasteiger partial charge in [-0.05, 0) is 25.2 Å². The molecule has 0 unspecified atom stereocenters. The molecule has 0 N–H and O–H groups in total. The van der Waals surface area contributed by atoms with Gasteiger partial charge in [0.15, 0.2) is 0 Å². The van der Waals surface area contributed by atoms with E-state index in [-0.39, 0.29) is 0 Å². The Labute approximate surface area is 63.4 Å². The second kappa shape index (κ2) is 2.20. The van der Waals surface area contributed by atoms with Crippen LogP contribution in [-0.2, 0) is 0 Å². The molecule has 1 radical (unpaired) electrons. The number of hydrogen-bond donors (Lipinski definition) is 0. The molecule has 0 aromatic rings. The molecule has 1 aliphatic carbocycles. The summed E-state index contributed by atoms with van der Waals surface area (Å²) < 4.78 is 0. The standard InChI is InChI=1S/C9H14P/c1-10(7-2-3-8-10)9-5-4-6-9/h2-3,7-9H,4-6H2,1H3. The zero-order chi connectivity index (χ0) is 7.03. The Kier molecular flexibility index (Phi) is 1.46. The fourth-order valence-corrected chi connectivity index (χ4v) is 4.71. The van der Waals surface area contributed by atoms with Crippen LogP contribution in [0.15, 0.2) is 23.8 Å². The Morgan fingerprint density at radius 2 is 1.80 bits per heavy atom. The highest BCUT2D eigenvalue weighted by Crippen LogP contribution is 2.69. The molecule has 1 fully saturated rings. The molecule has 0 spiro atoms. The zero-order valence-corrected chi connectivity index (χ0v) is 7.35. The van der Waals surface area contributed by atoms with Gasteiger partial charge in [-0.3, -0.25) is 0 Å². The maximum atomic E-state index is 2.46. The molecule has 0 saturated heterocycles. The molecule has 55 valence electrons. The van der Waals surface area contributed by atoms with Gasteiger partial charge >= 0.3 is 0 Å². The Balaban J connectivity index is 2.13. The fourth-order valence-electron chi connectivity index (χ4n) is 1.71. The van der Waals surface area contributed by atoms with Crippen LogP contribution in [0.3, 0.4) is 0 Å². The smallest absolute Gasteiger partial charge is 0.0181 e. The van der Waals surface area contributed by atoms with E-state index in [2.05, 4.69) is 30.5 Å². The predicted molar refractivity (Wildman–Crippen MR) is 48.8 cm³/mol. The first-order chi connectivity index (χ1) is 4.81. The minimum atomic E-state index is -0.685. The van der Waals surface area contributed by atoms with Crippen molar-refractivity contribution >= 4 is 7.26 Å². The topological polar surface area (TPSA) is 0 Å². The van der Waals surface area contributed by atoms with Crippen molar-refractivity contribution in [3.63, 3.8) is 0 Å². The van der Waals surface area contributed by atoms with Crippen molar-refractivity contribution in [1.82, 2.24) is 0 Å². The monoisotopic (exact) mass is 153 g/mol. The highest BCUT2D eigenvalue weighted by molar-refractivity contribution is 7.81. The molecule has 2 rings (SSSR count). The van der Waals surface area contributed by atoms with Crippen molar-refractivity contribution in [2.45, 2.75) is 24.9 Å². The van der Waals surface area contributed by atoms with Crippen LogP contribution in [0.5, 0.6) is 0 Å². The molecule has 2 aliphatic rings. The quantitative estimate of drug-likeness (QED) is 0.507. The van der Waals surface area contributed by atoms with Gasteiger partial charge in [-0.25, -0.2) is 0 Å². The third kappa shape index (κ3) is 0.864. The molecule has 1 heterocycles. The molecule has 1 aliphatic heterocycles. The van der Waals surface area contributed by atoms with E-state index >= 15 is 0 Å². The molecule has 0 aromatic heterocycles. The summed E-state index contributed by atoms with van der Waals surface area (Å²) in [6, 6.07) is 0. The lowest BCUT2D eigenvalue weighted by Gasteiger charge is -2.39. The predicted octanol–water partition coefficient (Wildman–Crippen LogP) is 3.23. The van der Waals surface area contributed by atoms with Crippen molar-refractivity contribution in [3.05, 3.63) is 23.8 Å². The van der Waals surface area contributed by atoms with E-state index in [4.69, 9.17) is 0 Å². The van der Waals surface area contributed by atoms with E-state index in [1.165, 1.54) is 19.3 Å². The molecule has 1 heteroatoms. The first-order valence-electron chi connectivity index (χ1n) is 4.04. The fraction of sp³-hybridized carbons (Fsp3) is 0.556. The first-order valence-corrected chi connectivity index (χ1v) is 6.48. The van der Waals surface area contributed by atoms with Crippen LogP contribution in [0.1, 0.15) is 19.3 Å². The third-order valence-electron chi connectivity index (χ3n) is 2.79. The summed E-state index contributed by atoms with van der Waals surface area (Å²) >= 11 is 0. The van der Waals surface area contributed by atoms with Gasteiger partial charge in [0.2, 0.25) is 0 Å². The van der Waals surface area contributed by atoms with E-state index in [1.807, 2.05) is 0 Å². The van der Waals surface area contributed by atoms with Crippen LogP contribution in [0, 0.1) is 0 Å². The highest BCUT2D eigenvalue weighted by atomic mass is 31.2. The van der Waals surface area contributed by atoms with E-state index in [0.29, 0.717) is 0 Å². The Hall–Kier alpha value is -0.0900. The number of hydrogen-bond acceptors (Lipinski definition) is 0. The van der Waals surface area contributed by atoms with Crippen molar-refractivity contribution in [2.24, 2.45) is 0 Å². The minimum absolute atomic E-state index is 0.685. The summed E-state index contributed by atoms with van der Waals surface area (Å²) in [4.78, 5) is 0. The second-order valence-electron chi connectivity index (χ2n) is 3.49. The minimum Gasteiger partial charge on any atom is -0.0848 e.